The van der Waals surface area contributed by atoms with Crippen LogP contribution >= 0.6 is 0 Å². The van der Waals surface area contributed by atoms with Crippen molar-refractivity contribution in [3.8, 4) is 0 Å². The number of carbonyl (C=O) groups is 1. The smallest absolute Gasteiger partial charge is 0.243 e. The maximum absolute atomic E-state index is 11.5. The van der Waals surface area contributed by atoms with Crippen LogP contribution < -0.4 is 5.32 Å². The molecule has 1 atom stereocenters. The predicted octanol–water partition coefficient (Wildman–Crippen LogP) is 0.762. The Morgan fingerprint density at radius 2 is 2.06 bits per heavy atom. The zero-order valence-electron chi connectivity index (χ0n) is 9.39. The Balaban J connectivity index is 2.80. The minimum atomic E-state index is -3.37. The molecule has 0 saturated heterocycles. The summed E-state index contributed by atoms with van der Waals surface area (Å²) in [4.78, 5) is 15.6. The molecule has 1 amide bonds. The van der Waals surface area contributed by atoms with Crippen molar-refractivity contribution in [3.05, 3.63) is 23.9 Å². The third-order valence-electron chi connectivity index (χ3n) is 2.15. The molecule has 1 N–H and O–H groups in total. The predicted molar refractivity (Wildman–Crippen MR) is 61.9 cm³/mol. The Bertz CT molecular complexity index is 497. The molecule has 1 aromatic rings. The van der Waals surface area contributed by atoms with Gasteiger partial charge >= 0.3 is 0 Å². The monoisotopic (exact) mass is 242 g/mol. The number of nitrogens with one attached hydrogen (secondary N) is 1. The van der Waals surface area contributed by atoms with Crippen LogP contribution in [0.3, 0.4) is 0 Å². The number of hydrogen-bond acceptors (Lipinski definition) is 4. The van der Waals surface area contributed by atoms with E-state index in [0.29, 0.717) is 5.82 Å². The number of anilines is 1. The molecule has 0 aliphatic rings. The average Bonchev–Trinajstić information content (AvgIpc) is 2.15. The van der Waals surface area contributed by atoms with Crippen molar-refractivity contribution in [2.45, 2.75) is 19.1 Å². The summed E-state index contributed by atoms with van der Waals surface area (Å²) in [5, 5.41) is 1.39. The number of rotatable bonds is 3. The first kappa shape index (κ1) is 12.6. The van der Waals surface area contributed by atoms with Gasteiger partial charge in [-0.15, -0.1) is 0 Å². The molecular weight excluding hydrogens is 228 g/mol. The molecule has 0 aliphatic carbocycles. The molecule has 88 valence electrons. The molecular formula is C10H14N2O3S. The van der Waals surface area contributed by atoms with Gasteiger partial charge in [-0.2, -0.15) is 0 Å². The zero-order chi connectivity index (χ0) is 12.3. The van der Waals surface area contributed by atoms with Crippen molar-refractivity contribution in [2.75, 3.05) is 11.6 Å². The van der Waals surface area contributed by atoms with E-state index in [9.17, 15) is 13.2 Å². The fourth-order valence-corrected chi connectivity index (χ4v) is 1.48. The Hall–Kier alpha value is -1.43. The van der Waals surface area contributed by atoms with E-state index >= 15 is 0 Å². The number of hydrogen-bond donors (Lipinski definition) is 1. The SMILES string of the molecule is Cc1cccc(NC(=O)C(C)S(C)(=O)=O)n1. The van der Waals surface area contributed by atoms with Crippen LogP contribution in [-0.2, 0) is 14.6 Å². The molecule has 0 aliphatic heterocycles. The Morgan fingerprint density at radius 3 is 2.56 bits per heavy atom. The maximum Gasteiger partial charge on any atom is 0.243 e. The van der Waals surface area contributed by atoms with Crippen LogP contribution in [0.1, 0.15) is 12.6 Å². The largest absolute Gasteiger partial charge is 0.310 e. The van der Waals surface area contributed by atoms with E-state index in [4.69, 9.17) is 0 Å². The lowest BCUT2D eigenvalue weighted by Crippen LogP contribution is -2.32. The highest BCUT2D eigenvalue weighted by molar-refractivity contribution is 7.92. The Kier molecular flexibility index (Phi) is 3.64. The molecule has 1 rings (SSSR count). The van der Waals surface area contributed by atoms with Crippen LogP contribution in [0, 0.1) is 6.92 Å². The van der Waals surface area contributed by atoms with Crippen LogP contribution in [0.2, 0.25) is 0 Å². The van der Waals surface area contributed by atoms with Crippen molar-refractivity contribution in [3.63, 3.8) is 0 Å². The van der Waals surface area contributed by atoms with Crippen LogP contribution in [0.25, 0.3) is 0 Å². The van der Waals surface area contributed by atoms with Gasteiger partial charge in [-0.3, -0.25) is 4.79 Å². The van der Waals surface area contributed by atoms with Crippen LogP contribution in [0.15, 0.2) is 18.2 Å². The lowest BCUT2D eigenvalue weighted by Gasteiger charge is -2.09. The second-order valence-electron chi connectivity index (χ2n) is 3.63. The highest BCUT2D eigenvalue weighted by atomic mass is 32.2. The molecule has 0 radical (unpaired) electrons. The minimum Gasteiger partial charge on any atom is -0.310 e. The first-order valence-corrected chi connectivity index (χ1v) is 6.69. The van der Waals surface area contributed by atoms with Gasteiger partial charge in [-0.1, -0.05) is 6.07 Å². The van der Waals surface area contributed by atoms with Crippen LogP contribution in [0.5, 0.6) is 0 Å². The number of sulfone groups is 1. The number of aryl methyl sites for hydroxylation is 1. The highest BCUT2D eigenvalue weighted by Crippen LogP contribution is 2.06. The zero-order valence-corrected chi connectivity index (χ0v) is 10.2. The van der Waals surface area contributed by atoms with E-state index < -0.39 is 21.0 Å². The molecule has 0 bridgehead atoms. The van der Waals surface area contributed by atoms with E-state index in [2.05, 4.69) is 10.3 Å². The van der Waals surface area contributed by atoms with Crippen molar-refractivity contribution in [1.82, 2.24) is 4.98 Å². The van der Waals surface area contributed by atoms with Gasteiger partial charge in [0.05, 0.1) is 0 Å². The molecule has 5 nitrogen and oxygen atoms in total. The summed E-state index contributed by atoms with van der Waals surface area (Å²) in [6.45, 7) is 3.14. The van der Waals surface area contributed by atoms with Gasteiger partial charge in [0.2, 0.25) is 5.91 Å². The summed E-state index contributed by atoms with van der Waals surface area (Å²) in [6.07, 6.45) is 1.03. The highest BCUT2D eigenvalue weighted by Gasteiger charge is 2.23. The molecule has 0 fully saturated rings. The minimum absolute atomic E-state index is 0.362. The molecule has 0 saturated carbocycles. The van der Waals surface area contributed by atoms with E-state index in [-0.39, 0.29) is 0 Å². The number of carbonyl (C=O) groups excluding carboxylic acids is 1. The molecule has 1 aromatic heterocycles. The molecule has 1 heterocycles. The van der Waals surface area contributed by atoms with E-state index in [1.54, 1.807) is 25.1 Å². The summed E-state index contributed by atoms with van der Waals surface area (Å²) in [5.41, 5.74) is 0.754. The average molecular weight is 242 g/mol. The normalized spacial score (nSPS) is 13.2. The van der Waals surface area contributed by atoms with E-state index in [0.717, 1.165) is 11.9 Å². The third-order valence-corrected chi connectivity index (χ3v) is 3.65. The number of nitrogens with zero attached hydrogens (tertiary/aromatic N) is 1. The van der Waals surface area contributed by atoms with Crippen LogP contribution in [-0.4, -0.2) is 30.8 Å². The molecule has 1 unspecified atom stereocenters. The maximum atomic E-state index is 11.5. The quantitative estimate of drug-likeness (QED) is 0.849. The van der Waals surface area contributed by atoms with Gasteiger partial charge in [-0.05, 0) is 26.0 Å². The topological polar surface area (TPSA) is 76.1 Å². The van der Waals surface area contributed by atoms with Gasteiger partial charge in [-0.25, -0.2) is 13.4 Å². The van der Waals surface area contributed by atoms with Gasteiger partial charge in [0.15, 0.2) is 9.84 Å². The van der Waals surface area contributed by atoms with Gasteiger partial charge < -0.3 is 5.32 Å². The van der Waals surface area contributed by atoms with Crippen molar-refractivity contribution in [1.29, 1.82) is 0 Å². The first-order valence-electron chi connectivity index (χ1n) is 4.74. The van der Waals surface area contributed by atoms with E-state index in [1.165, 1.54) is 6.92 Å². The summed E-state index contributed by atoms with van der Waals surface area (Å²) < 4.78 is 22.3. The molecule has 6 heteroatoms. The Labute approximate surface area is 94.8 Å². The Morgan fingerprint density at radius 1 is 1.44 bits per heavy atom. The first-order chi connectivity index (χ1) is 7.30. The van der Waals surface area contributed by atoms with Crippen LogP contribution in [0.4, 0.5) is 5.82 Å². The summed E-state index contributed by atoms with van der Waals surface area (Å²) in [7, 11) is -3.37. The van der Waals surface area contributed by atoms with Gasteiger partial charge in [0.1, 0.15) is 11.1 Å². The second kappa shape index (κ2) is 4.61. The summed E-state index contributed by atoms with van der Waals surface area (Å²) in [5.74, 6) is -0.207. The van der Waals surface area contributed by atoms with Gasteiger partial charge in [0, 0.05) is 11.9 Å². The lowest BCUT2D eigenvalue weighted by molar-refractivity contribution is -0.115. The number of aromatic nitrogens is 1. The third kappa shape index (κ3) is 3.30. The van der Waals surface area contributed by atoms with Crippen molar-refractivity contribution in [2.24, 2.45) is 0 Å². The second-order valence-corrected chi connectivity index (χ2v) is 5.99. The number of pyridine rings is 1. The number of amides is 1. The molecule has 0 aromatic carbocycles. The standard InChI is InChI=1S/C10H14N2O3S/c1-7-5-4-6-9(11-7)12-10(13)8(2)16(3,14)15/h4-6,8H,1-3H3,(H,11,12,13). The van der Waals surface area contributed by atoms with E-state index in [1.807, 2.05) is 0 Å². The fourth-order valence-electron chi connectivity index (χ4n) is 1.03. The lowest BCUT2D eigenvalue weighted by atomic mass is 10.3. The molecule has 16 heavy (non-hydrogen) atoms. The van der Waals surface area contributed by atoms with Crippen molar-refractivity contribution < 1.29 is 13.2 Å². The van der Waals surface area contributed by atoms with Gasteiger partial charge in [0.25, 0.3) is 0 Å². The molecule has 0 spiro atoms. The van der Waals surface area contributed by atoms with Crippen molar-refractivity contribution >= 4 is 21.6 Å². The fraction of sp³-hybridized carbons (Fsp3) is 0.400. The summed E-state index contributed by atoms with van der Waals surface area (Å²) >= 11 is 0. The summed E-state index contributed by atoms with van der Waals surface area (Å²) in [6, 6.07) is 5.14.